The first-order valence-electron chi connectivity index (χ1n) is 7.02. The van der Waals surface area contributed by atoms with Crippen molar-refractivity contribution in [3.63, 3.8) is 0 Å². The van der Waals surface area contributed by atoms with Crippen LogP contribution in [0.25, 0.3) is 16.9 Å². The number of hydrogen-bond acceptors (Lipinski definition) is 5. The molecule has 0 fully saturated rings. The lowest BCUT2D eigenvalue weighted by Gasteiger charge is -2.03. The van der Waals surface area contributed by atoms with Crippen LogP contribution >= 0.6 is 0 Å². The third-order valence-corrected chi connectivity index (χ3v) is 3.56. The molecule has 0 atom stereocenters. The Morgan fingerprint density at radius 2 is 1.71 bits per heavy atom. The third-order valence-electron chi connectivity index (χ3n) is 3.56. The van der Waals surface area contributed by atoms with E-state index in [0.29, 0.717) is 5.69 Å². The van der Waals surface area contributed by atoms with Crippen LogP contribution in [0.1, 0.15) is 5.56 Å². The molecule has 3 rings (SSSR count). The Labute approximate surface area is 136 Å². The lowest BCUT2D eigenvalue weighted by Crippen LogP contribution is -2.02. The molecule has 8 heteroatoms. The fourth-order valence-corrected chi connectivity index (χ4v) is 2.43. The number of nitro benzene ring substituents is 2. The zero-order valence-corrected chi connectivity index (χ0v) is 12.6. The fraction of sp³-hybridized carbons (Fsp3) is 0.0625. The SMILES string of the molecule is Cc1cn(-c2ccc([N+](=O)[O-])cc2[N+](=O)[O-])nc1-c1ccccc1. The van der Waals surface area contributed by atoms with Gasteiger partial charge in [0, 0.05) is 17.8 Å². The summed E-state index contributed by atoms with van der Waals surface area (Å²) in [6.07, 6.45) is 1.66. The van der Waals surface area contributed by atoms with E-state index in [2.05, 4.69) is 5.10 Å². The van der Waals surface area contributed by atoms with Crippen molar-refractivity contribution >= 4 is 11.4 Å². The second-order valence-electron chi connectivity index (χ2n) is 5.16. The maximum atomic E-state index is 11.3. The summed E-state index contributed by atoms with van der Waals surface area (Å²) in [6.45, 7) is 1.85. The largest absolute Gasteiger partial charge is 0.301 e. The van der Waals surface area contributed by atoms with Crippen LogP contribution in [0.4, 0.5) is 11.4 Å². The summed E-state index contributed by atoms with van der Waals surface area (Å²) in [5.74, 6) is 0. The quantitative estimate of drug-likeness (QED) is 0.538. The van der Waals surface area contributed by atoms with E-state index >= 15 is 0 Å². The molecule has 3 aromatic rings. The predicted molar refractivity (Wildman–Crippen MR) is 87.0 cm³/mol. The number of hydrogen-bond donors (Lipinski definition) is 0. The van der Waals surface area contributed by atoms with E-state index in [0.717, 1.165) is 17.2 Å². The van der Waals surface area contributed by atoms with Gasteiger partial charge in [0.25, 0.3) is 5.69 Å². The van der Waals surface area contributed by atoms with Crippen molar-refractivity contribution in [3.8, 4) is 16.9 Å². The zero-order valence-electron chi connectivity index (χ0n) is 12.6. The molecular formula is C16H12N4O4. The molecular weight excluding hydrogens is 312 g/mol. The summed E-state index contributed by atoms with van der Waals surface area (Å²) in [5, 5.41) is 26.5. The Bertz CT molecular complexity index is 935. The second kappa shape index (κ2) is 5.92. The predicted octanol–water partition coefficient (Wildman–Crippen LogP) is 3.66. The average Bonchev–Trinajstić information content (AvgIpc) is 2.96. The molecule has 0 aliphatic rings. The van der Waals surface area contributed by atoms with Crippen molar-refractivity contribution in [1.82, 2.24) is 9.78 Å². The summed E-state index contributed by atoms with van der Waals surface area (Å²) >= 11 is 0. The maximum absolute atomic E-state index is 11.3. The van der Waals surface area contributed by atoms with Gasteiger partial charge >= 0.3 is 5.69 Å². The van der Waals surface area contributed by atoms with Gasteiger partial charge in [-0.3, -0.25) is 20.2 Å². The highest BCUT2D eigenvalue weighted by molar-refractivity contribution is 5.64. The van der Waals surface area contributed by atoms with Crippen LogP contribution in [0.3, 0.4) is 0 Å². The highest BCUT2D eigenvalue weighted by Gasteiger charge is 2.22. The zero-order chi connectivity index (χ0) is 17.3. The van der Waals surface area contributed by atoms with Gasteiger partial charge in [0.2, 0.25) is 0 Å². The van der Waals surface area contributed by atoms with Gasteiger partial charge in [-0.2, -0.15) is 5.10 Å². The normalized spacial score (nSPS) is 10.5. The summed E-state index contributed by atoms with van der Waals surface area (Å²) in [7, 11) is 0. The van der Waals surface area contributed by atoms with Crippen molar-refractivity contribution < 1.29 is 9.85 Å². The molecule has 120 valence electrons. The lowest BCUT2D eigenvalue weighted by atomic mass is 10.1. The average molecular weight is 324 g/mol. The molecule has 0 bridgehead atoms. The van der Waals surface area contributed by atoms with Crippen LogP contribution in [0.2, 0.25) is 0 Å². The van der Waals surface area contributed by atoms with Gasteiger partial charge in [-0.05, 0) is 18.6 Å². The van der Waals surface area contributed by atoms with E-state index in [1.54, 1.807) is 6.20 Å². The summed E-state index contributed by atoms with van der Waals surface area (Å²) in [4.78, 5) is 20.8. The Morgan fingerprint density at radius 1 is 1.00 bits per heavy atom. The molecule has 0 radical (unpaired) electrons. The van der Waals surface area contributed by atoms with Crippen molar-refractivity contribution in [2.45, 2.75) is 6.92 Å². The number of rotatable bonds is 4. The minimum Gasteiger partial charge on any atom is -0.258 e. The van der Waals surface area contributed by atoms with E-state index in [-0.39, 0.29) is 17.1 Å². The Hall–Kier alpha value is -3.55. The van der Waals surface area contributed by atoms with E-state index < -0.39 is 9.85 Å². The summed E-state index contributed by atoms with van der Waals surface area (Å²) in [6, 6.07) is 12.9. The Balaban J connectivity index is 2.13. The van der Waals surface area contributed by atoms with Crippen molar-refractivity contribution in [3.05, 3.63) is 80.5 Å². The number of nitrogens with zero attached hydrogens (tertiary/aromatic N) is 4. The van der Waals surface area contributed by atoms with Crippen LogP contribution in [0.15, 0.2) is 54.7 Å². The van der Waals surface area contributed by atoms with E-state index in [4.69, 9.17) is 0 Å². The van der Waals surface area contributed by atoms with Gasteiger partial charge < -0.3 is 0 Å². The molecule has 24 heavy (non-hydrogen) atoms. The van der Waals surface area contributed by atoms with Gasteiger partial charge in [-0.25, -0.2) is 4.68 Å². The first kappa shape index (κ1) is 15.3. The number of benzene rings is 2. The van der Waals surface area contributed by atoms with E-state index in [1.165, 1.54) is 16.8 Å². The molecule has 1 heterocycles. The molecule has 0 aliphatic heterocycles. The van der Waals surface area contributed by atoms with Gasteiger partial charge in [0.15, 0.2) is 0 Å². The maximum Gasteiger partial charge on any atom is 0.301 e. The van der Waals surface area contributed by atoms with E-state index in [1.807, 2.05) is 37.3 Å². The lowest BCUT2D eigenvalue weighted by molar-refractivity contribution is -0.394. The van der Waals surface area contributed by atoms with Crippen molar-refractivity contribution in [2.24, 2.45) is 0 Å². The smallest absolute Gasteiger partial charge is 0.258 e. The van der Waals surface area contributed by atoms with Crippen LogP contribution < -0.4 is 0 Å². The van der Waals surface area contributed by atoms with E-state index in [9.17, 15) is 20.2 Å². The van der Waals surface area contributed by atoms with Crippen LogP contribution in [-0.4, -0.2) is 19.6 Å². The number of nitro groups is 2. The van der Waals surface area contributed by atoms with Crippen LogP contribution in [0.5, 0.6) is 0 Å². The molecule has 8 nitrogen and oxygen atoms in total. The Kier molecular flexibility index (Phi) is 3.78. The first-order chi connectivity index (χ1) is 11.5. The molecule has 0 aliphatic carbocycles. The van der Waals surface area contributed by atoms with Crippen LogP contribution in [-0.2, 0) is 0 Å². The molecule has 0 amide bonds. The molecule has 0 N–H and O–H groups in total. The highest BCUT2D eigenvalue weighted by Crippen LogP contribution is 2.29. The third kappa shape index (κ3) is 2.72. The molecule has 0 spiro atoms. The highest BCUT2D eigenvalue weighted by atomic mass is 16.6. The molecule has 1 aromatic heterocycles. The molecule has 0 unspecified atom stereocenters. The van der Waals surface area contributed by atoms with Crippen molar-refractivity contribution in [2.75, 3.05) is 0 Å². The fourth-order valence-electron chi connectivity index (χ4n) is 2.43. The number of aryl methyl sites for hydroxylation is 1. The number of aromatic nitrogens is 2. The van der Waals surface area contributed by atoms with Gasteiger partial charge in [-0.15, -0.1) is 0 Å². The first-order valence-corrected chi connectivity index (χ1v) is 7.02. The van der Waals surface area contributed by atoms with Crippen molar-refractivity contribution in [1.29, 1.82) is 0 Å². The van der Waals surface area contributed by atoms with Gasteiger partial charge in [0.05, 0.1) is 21.6 Å². The van der Waals surface area contributed by atoms with Crippen LogP contribution in [0, 0.1) is 27.2 Å². The minimum atomic E-state index is -0.666. The monoisotopic (exact) mass is 324 g/mol. The summed E-state index contributed by atoms with van der Waals surface area (Å²) < 4.78 is 1.37. The summed E-state index contributed by atoms with van der Waals surface area (Å²) in [5.41, 5.74) is 1.90. The molecule has 2 aromatic carbocycles. The molecule has 0 saturated carbocycles. The Morgan fingerprint density at radius 3 is 2.33 bits per heavy atom. The topological polar surface area (TPSA) is 104 Å². The second-order valence-corrected chi connectivity index (χ2v) is 5.16. The minimum absolute atomic E-state index is 0.177. The van der Waals surface area contributed by atoms with Gasteiger partial charge in [0.1, 0.15) is 5.69 Å². The molecule has 0 saturated heterocycles. The number of non-ortho nitro benzene ring substituents is 1. The van der Waals surface area contributed by atoms with Gasteiger partial charge in [-0.1, -0.05) is 30.3 Å². The standard InChI is InChI=1S/C16H12N4O4/c1-11-10-18(17-16(11)12-5-3-2-4-6-12)14-8-7-13(19(21)22)9-15(14)20(23)24/h2-10H,1H3.